The fraction of sp³-hybridized carbons (Fsp3) is 0.400. The summed E-state index contributed by atoms with van der Waals surface area (Å²) < 4.78 is 0. The Balaban J connectivity index is 1.13. The first-order valence-electron chi connectivity index (χ1n) is 15.8. The van der Waals surface area contributed by atoms with Crippen LogP contribution in [-0.2, 0) is 23.7 Å². The molecule has 0 amide bonds. The van der Waals surface area contributed by atoms with Gasteiger partial charge in [-0.05, 0) is 83.1 Å². The van der Waals surface area contributed by atoms with Crippen molar-refractivity contribution >= 4 is 11.8 Å². The van der Waals surface area contributed by atoms with Crippen molar-refractivity contribution in [3.63, 3.8) is 0 Å². The second-order valence-electron chi connectivity index (χ2n) is 12.4. The summed E-state index contributed by atoms with van der Waals surface area (Å²) in [5, 5.41) is 0. The summed E-state index contributed by atoms with van der Waals surface area (Å²) in [6.07, 6.45) is 12.7. The molecule has 0 saturated carbocycles. The average Bonchev–Trinajstić information content (AvgIpc) is 3.02. The van der Waals surface area contributed by atoms with Gasteiger partial charge in [-0.3, -0.25) is 0 Å². The average molecular weight is 563 g/mol. The Morgan fingerprint density at radius 3 is 1.12 bits per heavy atom. The van der Waals surface area contributed by atoms with Gasteiger partial charge < -0.3 is 0 Å². The van der Waals surface area contributed by atoms with Gasteiger partial charge >= 0.3 is 0 Å². The maximum Gasteiger partial charge on any atom is -0.00349 e. The Kier molecular flexibility index (Phi) is 12.6. The van der Waals surface area contributed by atoms with Gasteiger partial charge in [0.2, 0.25) is 0 Å². The Bertz CT molecular complexity index is 1120. The van der Waals surface area contributed by atoms with Crippen LogP contribution >= 0.6 is 11.8 Å². The van der Waals surface area contributed by atoms with Gasteiger partial charge in [0.25, 0.3) is 0 Å². The highest BCUT2D eigenvalue weighted by atomic mass is 32.2. The summed E-state index contributed by atoms with van der Waals surface area (Å²) in [6.45, 7) is 4.93. The summed E-state index contributed by atoms with van der Waals surface area (Å²) in [7, 11) is 0. The molecular weight excluding hydrogens is 513 g/mol. The third-order valence-electron chi connectivity index (χ3n) is 8.85. The van der Waals surface area contributed by atoms with Crippen molar-refractivity contribution < 1.29 is 0 Å². The predicted octanol–water partition coefficient (Wildman–Crippen LogP) is 11.2. The lowest BCUT2D eigenvalue weighted by atomic mass is 9.73. The molecule has 0 aliphatic heterocycles. The lowest BCUT2D eigenvalue weighted by molar-refractivity contribution is 0.408. The van der Waals surface area contributed by atoms with Crippen molar-refractivity contribution in [1.82, 2.24) is 0 Å². The molecule has 1 heteroatoms. The van der Waals surface area contributed by atoms with Gasteiger partial charge in [0.1, 0.15) is 0 Å². The second kappa shape index (κ2) is 16.6. The monoisotopic (exact) mass is 562 g/mol. The summed E-state index contributed by atoms with van der Waals surface area (Å²) in [5.41, 5.74) is 6.24. The number of unbranched alkanes of at least 4 members (excludes halogenated alkanes) is 4. The van der Waals surface area contributed by atoms with Crippen LogP contribution in [0.4, 0.5) is 0 Å². The van der Waals surface area contributed by atoms with Gasteiger partial charge in [-0.2, -0.15) is 11.8 Å². The van der Waals surface area contributed by atoms with Crippen molar-refractivity contribution in [2.24, 2.45) is 0 Å². The van der Waals surface area contributed by atoms with Crippen molar-refractivity contribution in [2.75, 3.05) is 11.5 Å². The van der Waals surface area contributed by atoms with Gasteiger partial charge in [0.05, 0.1) is 0 Å². The first-order chi connectivity index (χ1) is 20.1. The predicted molar refractivity (Wildman–Crippen MR) is 182 cm³/mol. The zero-order valence-corrected chi connectivity index (χ0v) is 26.3. The third-order valence-corrected chi connectivity index (χ3v) is 10.0. The molecule has 0 saturated heterocycles. The Hall–Kier alpha value is -2.77. The van der Waals surface area contributed by atoms with E-state index in [1.165, 1.54) is 85.1 Å². The molecule has 4 aromatic carbocycles. The SMILES string of the molecule is CC(CCCCCSCCCCCC(C)(Cc1ccccc1)c1ccccc1)(Cc1ccccc1)c1ccccc1. The van der Waals surface area contributed by atoms with E-state index in [4.69, 9.17) is 0 Å². The molecule has 216 valence electrons. The van der Waals surface area contributed by atoms with Crippen LogP contribution in [-0.4, -0.2) is 11.5 Å². The Labute approximate surface area is 255 Å². The van der Waals surface area contributed by atoms with Crippen molar-refractivity contribution in [1.29, 1.82) is 0 Å². The summed E-state index contributed by atoms with van der Waals surface area (Å²) >= 11 is 2.17. The maximum atomic E-state index is 2.46. The minimum absolute atomic E-state index is 0.199. The minimum atomic E-state index is 0.199. The zero-order valence-electron chi connectivity index (χ0n) is 25.4. The van der Waals surface area contributed by atoms with Crippen molar-refractivity contribution in [3.05, 3.63) is 144 Å². The number of benzene rings is 4. The van der Waals surface area contributed by atoms with E-state index in [2.05, 4.69) is 147 Å². The van der Waals surface area contributed by atoms with Gasteiger partial charge in [0, 0.05) is 0 Å². The molecule has 4 aromatic rings. The highest BCUT2D eigenvalue weighted by molar-refractivity contribution is 7.99. The van der Waals surface area contributed by atoms with Crippen LogP contribution in [0.5, 0.6) is 0 Å². The van der Waals surface area contributed by atoms with E-state index >= 15 is 0 Å². The molecule has 0 heterocycles. The molecule has 0 nitrogen and oxygen atoms in total. The number of hydrogen-bond acceptors (Lipinski definition) is 1. The number of thioether (sulfide) groups is 1. The quantitative estimate of drug-likeness (QED) is 0.109. The van der Waals surface area contributed by atoms with Crippen LogP contribution in [0.25, 0.3) is 0 Å². The van der Waals surface area contributed by atoms with Crippen molar-refractivity contribution in [2.45, 2.75) is 88.9 Å². The van der Waals surface area contributed by atoms with E-state index < -0.39 is 0 Å². The lowest BCUT2D eigenvalue weighted by Crippen LogP contribution is -2.25. The smallest absolute Gasteiger partial charge is 0.00349 e. The minimum Gasteiger partial charge on any atom is -0.162 e. The Morgan fingerprint density at radius 1 is 0.415 bits per heavy atom. The molecule has 0 N–H and O–H groups in total. The first kappa shape index (κ1) is 31.2. The standard InChI is InChI=1S/C40H50S/c1-39(37-25-13-5-14-26-37,33-35-21-9-3-10-22-35)29-17-7-19-31-41-32-20-8-18-30-40(2,38-27-15-6-16-28-38)34-36-23-11-4-12-24-36/h3-6,9-16,21-28H,7-8,17-20,29-34H2,1-2H3. The van der Waals surface area contributed by atoms with Crippen LogP contribution in [0.2, 0.25) is 0 Å². The second-order valence-corrected chi connectivity index (χ2v) is 13.6. The molecule has 0 aliphatic carbocycles. The van der Waals surface area contributed by atoms with Crippen LogP contribution in [0.1, 0.15) is 87.5 Å². The number of rotatable bonds is 18. The molecule has 4 rings (SSSR count). The van der Waals surface area contributed by atoms with Crippen LogP contribution in [0.3, 0.4) is 0 Å². The summed E-state index contributed by atoms with van der Waals surface area (Å²) in [5.74, 6) is 2.60. The third kappa shape index (κ3) is 10.2. The number of hydrogen-bond donors (Lipinski definition) is 0. The molecule has 0 aromatic heterocycles. The molecule has 2 atom stereocenters. The van der Waals surface area contributed by atoms with E-state index in [-0.39, 0.29) is 10.8 Å². The van der Waals surface area contributed by atoms with E-state index in [0.717, 1.165) is 12.8 Å². The van der Waals surface area contributed by atoms with Crippen LogP contribution < -0.4 is 0 Å². The Morgan fingerprint density at radius 2 is 0.756 bits per heavy atom. The van der Waals surface area contributed by atoms with Crippen LogP contribution in [0, 0.1) is 0 Å². The van der Waals surface area contributed by atoms with E-state index in [9.17, 15) is 0 Å². The normalized spacial score (nSPS) is 14.3. The molecule has 0 radical (unpaired) electrons. The van der Waals surface area contributed by atoms with E-state index in [1.807, 2.05) is 0 Å². The molecule has 41 heavy (non-hydrogen) atoms. The van der Waals surface area contributed by atoms with E-state index in [0.29, 0.717) is 0 Å². The van der Waals surface area contributed by atoms with Gasteiger partial charge in [-0.1, -0.05) is 161 Å². The highest BCUT2D eigenvalue weighted by Crippen LogP contribution is 2.35. The molecule has 0 fully saturated rings. The molecule has 0 spiro atoms. The molecular formula is C40H50S. The molecule has 2 unspecified atom stereocenters. The summed E-state index contributed by atoms with van der Waals surface area (Å²) in [6, 6.07) is 44.4. The molecule has 0 aliphatic rings. The molecule has 0 bridgehead atoms. The summed E-state index contributed by atoms with van der Waals surface area (Å²) in [4.78, 5) is 0. The van der Waals surface area contributed by atoms with Gasteiger partial charge in [0.15, 0.2) is 0 Å². The van der Waals surface area contributed by atoms with Gasteiger partial charge in [-0.15, -0.1) is 0 Å². The largest absolute Gasteiger partial charge is 0.162 e. The zero-order chi connectivity index (χ0) is 28.6. The lowest BCUT2D eigenvalue weighted by Gasteiger charge is -2.31. The van der Waals surface area contributed by atoms with Crippen molar-refractivity contribution in [3.8, 4) is 0 Å². The van der Waals surface area contributed by atoms with Gasteiger partial charge in [-0.25, -0.2) is 0 Å². The first-order valence-corrected chi connectivity index (χ1v) is 17.0. The fourth-order valence-corrected chi connectivity index (χ4v) is 7.36. The van der Waals surface area contributed by atoms with Crippen LogP contribution in [0.15, 0.2) is 121 Å². The van der Waals surface area contributed by atoms with E-state index in [1.54, 1.807) is 0 Å². The topological polar surface area (TPSA) is 0 Å². The maximum absolute atomic E-state index is 2.46. The fourth-order valence-electron chi connectivity index (χ4n) is 6.34. The highest BCUT2D eigenvalue weighted by Gasteiger charge is 2.27.